The highest BCUT2D eigenvalue weighted by Crippen LogP contribution is 2.22. The smallest absolute Gasteiger partial charge is 0.0218 e. The summed E-state index contributed by atoms with van der Waals surface area (Å²) in [5.41, 5.74) is 0. The van der Waals surface area contributed by atoms with E-state index in [1.165, 1.54) is 0 Å². The highest BCUT2D eigenvalue weighted by atomic mass is 33.1. The quantitative estimate of drug-likeness (QED) is 0.343. The van der Waals surface area contributed by atoms with E-state index in [0.29, 0.717) is 0 Å². The average Bonchev–Trinajstić information content (AvgIpc) is 2.10. The molecule has 0 saturated heterocycles. The van der Waals surface area contributed by atoms with Crippen LogP contribution in [-0.2, 0) is 0 Å². The molecule has 3 heteroatoms. The molecule has 0 saturated carbocycles. The molecule has 12 heavy (non-hydrogen) atoms. The van der Waals surface area contributed by atoms with Gasteiger partial charge in [0.05, 0.1) is 0 Å². The molecule has 0 amide bonds. The lowest BCUT2D eigenvalue weighted by atomic mass is 10.8. The van der Waals surface area contributed by atoms with Crippen molar-refractivity contribution >= 4 is 33.3 Å². The van der Waals surface area contributed by atoms with Crippen LogP contribution in [0.3, 0.4) is 0 Å². The summed E-state index contributed by atoms with van der Waals surface area (Å²) >= 11 is 1.87. The van der Waals surface area contributed by atoms with Crippen LogP contribution < -0.4 is 0 Å². The minimum atomic E-state index is 1.01. The van der Waals surface area contributed by atoms with Gasteiger partial charge in [0.1, 0.15) is 0 Å². The molecule has 0 N–H and O–H groups in total. The Hall–Kier alpha value is 0.270. The van der Waals surface area contributed by atoms with E-state index in [9.17, 15) is 0 Å². The van der Waals surface area contributed by atoms with Crippen LogP contribution >= 0.6 is 33.3 Å². The van der Waals surface area contributed by atoms with Crippen molar-refractivity contribution in [2.75, 3.05) is 17.3 Å². The van der Waals surface area contributed by atoms with E-state index < -0.39 is 0 Å². The summed E-state index contributed by atoms with van der Waals surface area (Å²) in [4.78, 5) is 0. The maximum atomic E-state index is 3.65. The van der Waals surface area contributed by atoms with Gasteiger partial charge in [-0.25, -0.2) is 0 Å². The lowest BCUT2D eigenvalue weighted by Crippen LogP contribution is -1.71. The third-order valence-electron chi connectivity index (χ3n) is 0.855. The Bertz CT molecular complexity index is 125. The monoisotopic (exact) mass is 218 g/mol. The fourth-order valence-corrected chi connectivity index (χ4v) is 2.51. The van der Waals surface area contributed by atoms with E-state index >= 15 is 0 Å². The molecule has 0 atom stereocenters. The van der Waals surface area contributed by atoms with Crippen LogP contribution in [0.25, 0.3) is 0 Å². The van der Waals surface area contributed by atoms with Crippen molar-refractivity contribution in [3.05, 3.63) is 36.8 Å². The zero-order valence-electron chi connectivity index (χ0n) is 7.07. The van der Waals surface area contributed by atoms with Gasteiger partial charge in [-0.3, -0.25) is 0 Å². The van der Waals surface area contributed by atoms with Crippen LogP contribution in [0.4, 0.5) is 0 Å². The second-order valence-electron chi connectivity index (χ2n) is 1.87. The normalized spacial score (nSPS) is 10.3. The summed E-state index contributed by atoms with van der Waals surface area (Å²) in [6.07, 6.45) is 6.02. The molecule has 68 valence electrons. The number of thioether (sulfide) groups is 1. The molecule has 0 unspecified atom stereocenters. The zero-order valence-corrected chi connectivity index (χ0v) is 9.52. The second kappa shape index (κ2) is 11.3. The zero-order chi connectivity index (χ0) is 9.07. The van der Waals surface area contributed by atoms with Gasteiger partial charge in [0, 0.05) is 17.3 Å². The van der Waals surface area contributed by atoms with Gasteiger partial charge in [0.15, 0.2) is 0 Å². The Labute approximate surface area is 87.4 Å². The van der Waals surface area contributed by atoms with Gasteiger partial charge in [-0.15, -0.1) is 13.2 Å². The van der Waals surface area contributed by atoms with Crippen molar-refractivity contribution in [2.45, 2.75) is 0 Å². The molecule has 0 aliphatic heterocycles. The molecule has 0 aromatic rings. The van der Waals surface area contributed by atoms with Crippen LogP contribution in [0.1, 0.15) is 0 Å². The largest absolute Gasteiger partial charge is 0.154 e. The highest BCUT2D eigenvalue weighted by molar-refractivity contribution is 8.77. The van der Waals surface area contributed by atoms with Crippen molar-refractivity contribution in [1.82, 2.24) is 0 Å². The van der Waals surface area contributed by atoms with E-state index in [2.05, 4.69) is 24.6 Å². The van der Waals surface area contributed by atoms with Gasteiger partial charge in [0.2, 0.25) is 0 Å². The molecule has 0 aliphatic carbocycles. The maximum absolute atomic E-state index is 3.65. The standard InChI is InChI=1S/C9H14S3/c1-3-6-10-8-5-9-12-11-7-4-2/h3-5,9H,1-2,6-8H2/b9-5+. The summed E-state index contributed by atoms with van der Waals surface area (Å²) in [6.45, 7) is 7.30. The first kappa shape index (κ1) is 12.3. The predicted octanol–water partition coefficient (Wildman–Crippen LogP) is 3.99. The van der Waals surface area contributed by atoms with Crippen LogP contribution in [0.2, 0.25) is 0 Å². The van der Waals surface area contributed by atoms with E-state index in [1.54, 1.807) is 21.6 Å². The van der Waals surface area contributed by atoms with E-state index in [1.807, 2.05) is 23.9 Å². The Morgan fingerprint density at radius 3 is 2.42 bits per heavy atom. The topological polar surface area (TPSA) is 0 Å². The van der Waals surface area contributed by atoms with E-state index in [4.69, 9.17) is 0 Å². The Balaban J connectivity index is 3.02. The minimum absolute atomic E-state index is 1.01. The second-order valence-corrected chi connectivity index (χ2v) is 5.26. The van der Waals surface area contributed by atoms with Crippen LogP contribution in [0.5, 0.6) is 0 Å². The number of hydrogen-bond acceptors (Lipinski definition) is 3. The van der Waals surface area contributed by atoms with Crippen molar-refractivity contribution in [1.29, 1.82) is 0 Å². The summed E-state index contributed by atoms with van der Waals surface area (Å²) in [5, 5.41) is 2.13. The first-order valence-corrected chi connectivity index (χ1v) is 7.18. The number of hydrogen-bond donors (Lipinski definition) is 0. The van der Waals surface area contributed by atoms with E-state index in [-0.39, 0.29) is 0 Å². The highest BCUT2D eigenvalue weighted by Gasteiger charge is 1.81. The van der Waals surface area contributed by atoms with Crippen LogP contribution in [-0.4, -0.2) is 17.3 Å². The summed E-state index contributed by atoms with van der Waals surface area (Å²) in [7, 11) is 3.56. The molecule has 0 fully saturated rings. The molecule has 0 radical (unpaired) electrons. The maximum Gasteiger partial charge on any atom is 0.0218 e. The predicted molar refractivity (Wildman–Crippen MR) is 66.9 cm³/mol. The van der Waals surface area contributed by atoms with Gasteiger partial charge in [-0.1, -0.05) is 39.8 Å². The Kier molecular flexibility index (Phi) is 11.5. The third kappa shape index (κ3) is 10.3. The molecule has 0 heterocycles. The van der Waals surface area contributed by atoms with Crippen molar-refractivity contribution in [2.24, 2.45) is 0 Å². The minimum Gasteiger partial charge on any atom is -0.154 e. The molecule has 0 nitrogen and oxygen atoms in total. The van der Waals surface area contributed by atoms with Gasteiger partial charge in [0.25, 0.3) is 0 Å². The molecular formula is C9H14S3. The SMILES string of the molecule is C=CCSC/C=C/SSCC=C. The fraction of sp³-hybridized carbons (Fsp3) is 0.333. The summed E-state index contributed by atoms with van der Waals surface area (Å²) < 4.78 is 0. The summed E-state index contributed by atoms with van der Waals surface area (Å²) in [5.74, 6) is 3.12. The van der Waals surface area contributed by atoms with Crippen molar-refractivity contribution < 1.29 is 0 Å². The van der Waals surface area contributed by atoms with Crippen molar-refractivity contribution in [3.63, 3.8) is 0 Å². The van der Waals surface area contributed by atoms with Gasteiger partial charge >= 0.3 is 0 Å². The molecule has 0 aromatic carbocycles. The van der Waals surface area contributed by atoms with Crippen LogP contribution in [0.15, 0.2) is 36.8 Å². The first-order valence-electron chi connectivity index (χ1n) is 3.64. The lowest BCUT2D eigenvalue weighted by Gasteiger charge is -1.90. The molecule has 0 aromatic heterocycles. The molecule has 0 spiro atoms. The van der Waals surface area contributed by atoms with Gasteiger partial charge in [-0.2, -0.15) is 11.8 Å². The molecule has 0 rings (SSSR count). The van der Waals surface area contributed by atoms with Crippen LogP contribution in [0, 0.1) is 0 Å². The number of rotatable bonds is 8. The third-order valence-corrected chi connectivity index (χ3v) is 3.72. The Morgan fingerprint density at radius 1 is 1.00 bits per heavy atom. The lowest BCUT2D eigenvalue weighted by molar-refractivity contribution is 1.74. The fourth-order valence-electron chi connectivity index (χ4n) is 0.425. The van der Waals surface area contributed by atoms with Crippen molar-refractivity contribution in [3.8, 4) is 0 Å². The van der Waals surface area contributed by atoms with Gasteiger partial charge < -0.3 is 0 Å². The summed E-state index contributed by atoms with van der Waals surface area (Å²) in [6, 6.07) is 0. The Morgan fingerprint density at radius 2 is 1.75 bits per heavy atom. The molecular weight excluding hydrogens is 204 g/mol. The van der Waals surface area contributed by atoms with E-state index in [0.717, 1.165) is 17.3 Å². The molecule has 0 bridgehead atoms. The first-order chi connectivity index (χ1) is 5.91. The van der Waals surface area contributed by atoms with Gasteiger partial charge in [-0.05, 0) is 5.41 Å². The molecule has 0 aliphatic rings. The average molecular weight is 218 g/mol.